The molecule has 1 aliphatic rings. The van der Waals surface area contributed by atoms with Gasteiger partial charge in [0.15, 0.2) is 0 Å². The van der Waals surface area contributed by atoms with Crippen LogP contribution in [0.1, 0.15) is 86.0 Å². The summed E-state index contributed by atoms with van der Waals surface area (Å²) in [5, 5.41) is 3.89. The summed E-state index contributed by atoms with van der Waals surface area (Å²) in [6.07, 6.45) is 11.1. The van der Waals surface area contributed by atoms with Crippen LogP contribution in [0.3, 0.4) is 0 Å². The zero-order chi connectivity index (χ0) is 16.5. The Hall–Kier alpha value is -0.0800. The van der Waals surface area contributed by atoms with E-state index in [0.29, 0.717) is 12.1 Å². The van der Waals surface area contributed by atoms with Crippen molar-refractivity contribution in [1.29, 1.82) is 0 Å². The van der Waals surface area contributed by atoms with Crippen LogP contribution in [0.25, 0.3) is 0 Å². The fourth-order valence-corrected chi connectivity index (χ4v) is 3.58. The van der Waals surface area contributed by atoms with E-state index in [4.69, 9.17) is 0 Å². The van der Waals surface area contributed by atoms with Crippen LogP contribution in [0.15, 0.2) is 0 Å². The molecule has 0 spiro atoms. The second kappa shape index (κ2) is 10.6. The van der Waals surface area contributed by atoms with Gasteiger partial charge in [0.1, 0.15) is 0 Å². The molecule has 132 valence electrons. The average molecular weight is 311 g/mol. The largest absolute Gasteiger partial charge is 0.312 e. The SMILES string of the molecule is CC[C@H]1CC[C@@H](NC(C)CCC(C)CCN(C)C(C)C)CC1. The van der Waals surface area contributed by atoms with E-state index in [1.165, 1.54) is 57.9 Å². The second-order valence-corrected chi connectivity index (χ2v) is 8.24. The van der Waals surface area contributed by atoms with E-state index < -0.39 is 0 Å². The minimum atomic E-state index is 0.672. The first kappa shape index (κ1) is 20.0. The third kappa shape index (κ3) is 7.97. The van der Waals surface area contributed by atoms with Crippen molar-refractivity contribution in [1.82, 2.24) is 10.2 Å². The lowest BCUT2D eigenvalue weighted by Crippen LogP contribution is -2.39. The van der Waals surface area contributed by atoms with Gasteiger partial charge in [-0.25, -0.2) is 0 Å². The van der Waals surface area contributed by atoms with E-state index in [1.807, 2.05) is 0 Å². The van der Waals surface area contributed by atoms with Crippen molar-refractivity contribution in [3.05, 3.63) is 0 Å². The molecular weight excluding hydrogens is 268 g/mol. The zero-order valence-corrected chi connectivity index (χ0v) is 16.2. The number of nitrogens with zero attached hydrogens (tertiary/aromatic N) is 1. The van der Waals surface area contributed by atoms with Crippen molar-refractivity contribution >= 4 is 0 Å². The van der Waals surface area contributed by atoms with Gasteiger partial charge in [-0.3, -0.25) is 0 Å². The maximum Gasteiger partial charge on any atom is 0.00697 e. The predicted octanol–water partition coefficient (Wildman–Crippen LogP) is 5.08. The third-order valence-electron chi connectivity index (χ3n) is 5.89. The van der Waals surface area contributed by atoms with E-state index in [1.54, 1.807) is 0 Å². The summed E-state index contributed by atoms with van der Waals surface area (Å²) in [7, 11) is 2.24. The van der Waals surface area contributed by atoms with E-state index in [-0.39, 0.29) is 0 Å². The summed E-state index contributed by atoms with van der Waals surface area (Å²) in [6.45, 7) is 13.0. The zero-order valence-electron chi connectivity index (χ0n) is 16.2. The van der Waals surface area contributed by atoms with Crippen LogP contribution in [0.4, 0.5) is 0 Å². The Morgan fingerprint density at radius 2 is 1.59 bits per heavy atom. The number of hydrogen-bond acceptors (Lipinski definition) is 2. The first-order valence-corrected chi connectivity index (χ1v) is 9.88. The minimum Gasteiger partial charge on any atom is -0.312 e. The normalized spacial score (nSPS) is 25.6. The minimum absolute atomic E-state index is 0.672. The molecule has 0 saturated heterocycles. The van der Waals surface area contributed by atoms with Crippen molar-refractivity contribution in [3.8, 4) is 0 Å². The molecule has 1 saturated carbocycles. The molecule has 1 fully saturated rings. The second-order valence-electron chi connectivity index (χ2n) is 8.24. The summed E-state index contributed by atoms with van der Waals surface area (Å²) in [5.41, 5.74) is 0. The molecule has 0 bridgehead atoms. The first-order chi connectivity index (χ1) is 10.4. The van der Waals surface area contributed by atoms with Gasteiger partial charge in [-0.05, 0) is 91.1 Å². The van der Waals surface area contributed by atoms with Crippen molar-refractivity contribution in [2.75, 3.05) is 13.6 Å². The maximum atomic E-state index is 3.89. The van der Waals surface area contributed by atoms with E-state index in [2.05, 4.69) is 51.9 Å². The Morgan fingerprint density at radius 3 is 2.14 bits per heavy atom. The third-order valence-corrected chi connectivity index (χ3v) is 5.89. The van der Waals surface area contributed by atoms with Crippen molar-refractivity contribution in [2.45, 2.75) is 104 Å². The average Bonchev–Trinajstić information content (AvgIpc) is 2.51. The summed E-state index contributed by atoms with van der Waals surface area (Å²) in [6, 6.07) is 2.15. The highest BCUT2D eigenvalue weighted by Gasteiger charge is 2.21. The summed E-state index contributed by atoms with van der Waals surface area (Å²) < 4.78 is 0. The van der Waals surface area contributed by atoms with Gasteiger partial charge < -0.3 is 10.2 Å². The molecule has 0 aliphatic heterocycles. The van der Waals surface area contributed by atoms with Crippen LogP contribution in [-0.2, 0) is 0 Å². The summed E-state index contributed by atoms with van der Waals surface area (Å²) >= 11 is 0. The van der Waals surface area contributed by atoms with Gasteiger partial charge in [-0.2, -0.15) is 0 Å². The Balaban J connectivity index is 2.11. The standard InChI is InChI=1S/C20H42N2/c1-7-19-10-12-20(13-11-19)21-18(5)9-8-17(4)14-15-22(6)16(2)3/h16-21H,7-15H2,1-6H3/t17?,18?,19-,20+. The van der Waals surface area contributed by atoms with Gasteiger partial charge in [0, 0.05) is 18.1 Å². The maximum absolute atomic E-state index is 3.89. The molecule has 0 amide bonds. The summed E-state index contributed by atoms with van der Waals surface area (Å²) in [4.78, 5) is 2.46. The van der Waals surface area contributed by atoms with Gasteiger partial charge in [0.25, 0.3) is 0 Å². The van der Waals surface area contributed by atoms with Gasteiger partial charge in [0.2, 0.25) is 0 Å². The number of nitrogens with one attached hydrogen (secondary N) is 1. The quantitative estimate of drug-likeness (QED) is 0.605. The smallest absolute Gasteiger partial charge is 0.00697 e. The van der Waals surface area contributed by atoms with Crippen LogP contribution in [-0.4, -0.2) is 36.6 Å². The van der Waals surface area contributed by atoms with Gasteiger partial charge in [-0.1, -0.05) is 20.3 Å². The highest BCUT2D eigenvalue weighted by molar-refractivity contribution is 4.79. The predicted molar refractivity (Wildman–Crippen MR) is 99.4 cm³/mol. The van der Waals surface area contributed by atoms with Crippen molar-refractivity contribution in [2.24, 2.45) is 11.8 Å². The fourth-order valence-electron chi connectivity index (χ4n) is 3.58. The molecule has 0 aromatic rings. The molecule has 2 heteroatoms. The van der Waals surface area contributed by atoms with Gasteiger partial charge in [-0.15, -0.1) is 0 Å². The Morgan fingerprint density at radius 1 is 0.955 bits per heavy atom. The van der Waals surface area contributed by atoms with E-state index in [0.717, 1.165) is 17.9 Å². The lowest BCUT2D eigenvalue weighted by molar-refractivity contribution is 0.243. The molecule has 2 nitrogen and oxygen atoms in total. The van der Waals surface area contributed by atoms with Crippen LogP contribution in [0.5, 0.6) is 0 Å². The molecule has 22 heavy (non-hydrogen) atoms. The fraction of sp³-hybridized carbons (Fsp3) is 1.00. The Labute approximate surface area is 140 Å². The number of hydrogen-bond donors (Lipinski definition) is 1. The molecule has 2 unspecified atom stereocenters. The van der Waals surface area contributed by atoms with E-state index in [9.17, 15) is 0 Å². The van der Waals surface area contributed by atoms with Crippen molar-refractivity contribution < 1.29 is 0 Å². The number of rotatable bonds is 10. The highest BCUT2D eigenvalue weighted by atomic mass is 15.1. The van der Waals surface area contributed by atoms with Crippen LogP contribution < -0.4 is 5.32 Å². The molecule has 0 aromatic carbocycles. The first-order valence-electron chi connectivity index (χ1n) is 9.88. The van der Waals surface area contributed by atoms with Crippen LogP contribution in [0, 0.1) is 11.8 Å². The monoisotopic (exact) mass is 310 g/mol. The Kier molecular flexibility index (Phi) is 9.66. The van der Waals surface area contributed by atoms with Crippen LogP contribution >= 0.6 is 0 Å². The lowest BCUT2D eigenvalue weighted by atomic mass is 9.84. The molecule has 0 heterocycles. The molecular formula is C20H42N2. The molecule has 2 atom stereocenters. The Bertz CT molecular complexity index is 269. The van der Waals surface area contributed by atoms with Crippen LogP contribution in [0.2, 0.25) is 0 Å². The van der Waals surface area contributed by atoms with Gasteiger partial charge in [0.05, 0.1) is 0 Å². The van der Waals surface area contributed by atoms with Gasteiger partial charge >= 0.3 is 0 Å². The molecule has 0 radical (unpaired) electrons. The molecule has 1 aliphatic carbocycles. The van der Waals surface area contributed by atoms with E-state index >= 15 is 0 Å². The highest BCUT2D eigenvalue weighted by Crippen LogP contribution is 2.27. The van der Waals surface area contributed by atoms with Crippen molar-refractivity contribution in [3.63, 3.8) is 0 Å². The molecule has 1 N–H and O–H groups in total. The molecule has 1 rings (SSSR count). The summed E-state index contributed by atoms with van der Waals surface area (Å²) in [5.74, 6) is 1.85. The lowest BCUT2D eigenvalue weighted by Gasteiger charge is -2.31. The topological polar surface area (TPSA) is 15.3 Å². The molecule has 0 aromatic heterocycles.